The number of fused-ring (bicyclic) bond motifs is 3. The van der Waals surface area contributed by atoms with E-state index in [1.807, 2.05) is 6.92 Å². The zero-order valence-corrected chi connectivity index (χ0v) is 15.8. The second-order valence-electron chi connectivity index (χ2n) is 6.74. The number of nitrogens with one attached hydrogen (secondary N) is 1. The van der Waals surface area contributed by atoms with Crippen LogP contribution in [0.2, 0.25) is 0 Å². The minimum atomic E-state index is -3.73. The minimum Gasteiger partial charge on any atom is -0.496 e. The number of sulfonamides is 1. The Hall–Kier alpha value is -1.64. The van der Waals surface area contributed by atoms with Crippen LogP contribution in [0.1, 0.15) is 16.7 Å². The van der Waals surface area contributed by atoms with Gasteiger partial charge in [0.05, 0.1) is 37.2 Å². The number of benzene rings is 1. The third-order valence-corrected chi connectivity index (χ3v) is 7.12. The van der Waals surface area contributed by atoms with Crippen molar-refractivity contribution in [3.63, 3.8) is 0 Å². The highest BCUT2D eigenvalue weighted by Gasteiger charge is 2.39. The van der Waals surface area contributed by atoms with E-state index in [2.05, 4.69) is 5.32 Å². The molecule has 0 unspecified atom stereocenters. The van der Waals surface area contributed by atoms with E-state index in [4.69, 9.17) is 9.47 Å². The van der Waals surface area contributed by atoms with Gasteiger partial charge in [-0.25, -0.2) is 8.42 Å². The first-order valence-corrected chi connectivity index (χ1v) is 9.72. The summed E-state index contributed by atoms with van der Waals surface area (Å²) < 4.78 is 39.0. The summed E-state index contributed by atoms with van der Waals surface area (Å²) in [6.07, 6.45) is 0. The summed E-state index contributed by atoms with van der Waals surface area (Å²) in [6.45, 7) is 6.34. The van der Waals surface area contributed by atoms with E-state index in [-0.39, 0.29) is 31.6 Å². The van der Waals surface area contributed by atoms with Crippen molar-refractivity contribution >= 4 is 15.9 Å². The first-order valence-electron chi connectivity index (χ1n) is 8.28. The van der Waals surface area contributed by atoms with Crippen LogP contribution in [0.15, 0.2) is 11.0 Å². The minimum absolute atomic E-state index is 0.134. The zero-order valence-electron chi connectivity index (χ0n) is 15.0. The smallest absolute Gasteiger partial charge is 0.243 e. The molecule has 1 N–H and O–H groups in total. The third kappa shape index (κ3) is 3.14. The molecule has 25 heavy (non-hydrogen) atoms. The summed E-state index contributed by atoms with van der Waals surface area (Å²) in [5.74, 6) is 0.0497. The topological polar surface area (TPSA) is 84.9 Å². The molecule has 7 nitrogen and oxygen atoms in total. The van der Waals surface area contributed by atoms with Gasteiger partial charge in [-0.05, 0) is 43.5 Å². The second-order valence-corrected chi connectivity index (χ2v) is 8.61. The molecule has 1 aromatic rings. The molecule has 2 aliphatic rings. The van der Waals surface area contributed by atoms with Crippen molar-refractivity contribution in [3.05, 3.63) is 22.8 Å². The van der Waals surface area contributed by atoms with Crippen LogP contribution in [-0.2, 0) is 19.6 Å². The first-order chi connectivity index (χ1) is 11.8. The summed E-state index contributed by atoms with van der Waals surface area (Å²) in [6, 6.07) is 1.43. The van der Waals surface area contributed by atoms with Crippen LogP contribution >= 0.6 is 0 Å². The normalized spacial score (nSPS) is 24.6. The molecule has 0 spiro atoms. The maximum absolute atomic E-state index is 13.4. The van der Waals surface area contributed by atoms with Gasteiger partial charge in [-0.15, -0.1) is 0 Å². The summed E-state index contributed by atoms with van der Waals surface area (Å²) >= 11 is 0. The van der Waals surface area contributed by atoms with E-state index in [0.717, 1.165) is 5.56 Å². The standard InChI is InChI=1S/C17H24N2O5S/c1-10-5-15(23-4)11(2)12(3)16(10)25(21,22)19-6-13-8-24-9-14(7-19)18-17(13)20/h5,13-14H,6-9H2,1-4H3,(H,18,20)/t13-,14+/m1/s1. The van der Waals surface area contributed by atoms with E-state index < -0.39 is 15.9 Å². The van der Waals surface area contributed by atoms with Crippen molar-refractivity contribution in [2.24, 2.45) is 5.92 Å². The molecule has 2 bridgehead atoms. The van der Waals surface area contributed by atoms with Gasteiger partial charge < -0.3 is 14.8 Å². The molecule has 8 heteroatoms. The van der Waals surface area contributed by atoms with Crippen LogP contribution in [0.3, 0.4) is 0 Å². The van der Waals surface area contributed by atoms with Gasteiger partial charge in [0.2, 0.25) is 15.9 Å². The molecule has 3 rings (SSSR count). The molecule has 0 aromatic heterocycles. The van der Waals surface area contributed by atoms with Crippen LogP contribution in [0.5, 0.6) is 5.75 Å². The SMILES string of the molecule is COc1cc(C)c(S(=O)(=O)N2C[C@H]3COC[C@@H](C2)C(=O)N3)c(C)c1C. The van der Waals surface area contributed by atoms with Gasteiger partial charge in [0, 0.05) is 13.1 Å². The quantitative estimate of drug-likeness (QED) is 0.851. The van der Waals surface area contributed by atoms with Crippen LogP contribution in [0.25, 0.3) is 0 Å². The average molecular weight is 368 g/mol. The van der Waals surface area contributed by atoms with Gasteiger partial charge in [-0.3, -0.25) is 4.79 Å². The highest BCUT2D eigenvalue weighted by molar-refractivity contribution is 7.89. The molecule has 2 atom stereocenters. The number of carbonyl (C=O) groups excluding carboxylic acids is 1. The van der Waals surface area contributed by atoms with E-state index in [9.17, 15) is 13.2 Å². The molecule has 2 heterocycles. The molecule has 0 aliphatic carbocycles. The number of hydrogen-bond donors (Lipinski definition) is 1. The number of ether oxygens (including phenoxy) is 2. The van der Waals surface area contributed by atoms with Gasteiger partial charge in [0.1, 0.15) is 5.75 Å². The van der Waals surface area contributed by atoms with Crippen molar-refractivity contribution in [2.45, 2.75) is 31.7 Å². The third-order valence-electron chi connectivity index (χ3n) is 5.00. The molecule has 2 fully saturated rings. The van der Waals surface area contributed by atoms with Crippen molar-refractivity contribution in [1.29, 1.82) is 0 Å². The maximum Gasteiger partial charge on any atom is 0.243 e. The molecular weight excluding hydrogens is 344 g/mol. The van der Waals surface area contributed by atoms with Gasteiger partial charge in [0.25, 0.3) is 0 Å². The Morgan fingerprint density at radius 2 is 1.92 bits per heavy atom. The fourth-order valence-corrected chi connectivity index (χ4v) is 5.56. The van der Waals surface area contributed by atoms with Gasteiger partial charge in [-0.2, -0.15) is 4.31 Å². The van der Waals surface area contributed by atoms with Crippen LogP contribution < -0.4 is 10.1 Å². The number of amides is 1. The van der Waals surface area contributed by atoms with E-state index in [1.165, 1.54) is 4.31 Å². The Morgan fingerprint density at radius 3 is 2.60 bits per heavy atom. The first kappa shape index (κ1) is 18.2. The molecular formula is C17H24N2O5S. The van der Waals surface area contributed by atoms with Gasteiger partial charge in [0.15, 0.2) is 0 Å². The largest absolute Gasteiger partial charge is 0.496 e. The average Bonchev–Trinajstić information content (AvgIpc) is 2.79. The molecule has 0 saturated carbocycles. The Morgan fingerprint density at radius 1 is 1.20 bits per heavy atom. The predicted octanol–water partition coefficient (Wildman–Crippen LogP) is 0.756. The van der Waals surface area contributed by atoms with E-state index >= 15 is 0 Å². The molecule has 2 aliphatic heterocycles. The van der Waals surface area contributed by atoms with E-state index in [1.54, 1.807) is 27.0 Å². The van der Waals surface area contributed by atoms with E-state index in [0.29, 0.717) is 28.4 Å². The van der Waals surface area contributed by atoms with Gasteiger partial charge in [-0.1, -0.05) is 0 Å². The molecule has 0 radical (unpaired) electrons. The van der Waals surface area contributed by atoms with Crippen molar-refractivity contribution in [2.75, 3.05) is 33.4 Å². The predicted molar refractivity (Wildman–Crippen MR) is 92.2 cm³/mol. The molecule has 138 valence electrons. The fraction of sp³-hybridized carbons (Fsp3) is 0.588. The Labute approximate surface area is 148 Å². The molecule has 2 saturated heterocycles. The lowest BCUT2D eigenvalue weighted by Gasteiger charge is -2.28. The van der Waals surface area contributed by atoms with Crippen molar-refractivity contribution in [1.82, 2.24) is 9.62 Å². The van der Waals surface area contributed by atoms with Crippen LogP contribution in [-0.4, -0.2) is 58.1 Å². The summed E-state index contributed by atoms with van der Waals surface area (Å²) in [7, 11) is -2.16. The van der Waals surface area contributed by atoms with Crippen LogP contribution in [0.4, 0.5) is 0 Å². The highest BCUT2D eigenvalue weighted by Crippen LogP contribution is 2.33. The lowest BCUT2D eigenvalue weighted by molar-refractivity contribution is -0.125. The lowest BCUT2D eigenvalue weighted by atomic mass is 10.1. The maximum atomic E-state index is 13.4. The lowest BCUT2D eigenvalue weighted by Crippen LogP contribution is -2.44. The zero-order chi connectivity index (χ0) is 18.4. The van der Waals surface area contributed by atoms with Gasteiger partial charge >= 0.3 is 0 Å². The summed E-state index contributed by atoms with van der Waals surface area (Å²) in [4.78, 5) is 12.5. The highest BCUT2D eigenvalue weighted by atomic mass is 32.2. The van der Waals surface area contributed by atoms with Crippen molar-refractivity contribution < 1.29 is 22.7 Å². The Bertz CT molecular complexity index is 806. The number of nitrogens with zero attached hydrogens (tertiary/aromatic N) is 1. The number of aryl methyl sites for hydroxylation is 1. The molecule has 1 amide bonds. The Balaban J connectivity index is 2.05. The fourth-order valence-electron chi connectivity index (χ4n) is 3.54. The number of rotatable bonds is 3. The summed E-state index contributed by atoms with van der Waals surface area (Å²) in [5, 5.41) is 2.86. The molecule has 1 aromatic carbocycles. The number of carbonyl (C=O) groups is 1. The number of methoxy groups -OCH3 is 1. The van der Waals surface area contributed by atoms with Crippen molar-refractivity contribution in [3.8, 4) is 5.75 Å². The van der Waals surface area contributed by atoms with Crippen LogP contribution in [0, 0.1) is 26.7 Å². The monoisotopic (exact) mass is 368 g/mol. The number of hydrogen-bond acceptors (Lipinski definition) is 5. The summed E-state index contributed by atoms with van der Waals surface area (Å²) in [5.41, 5.74) is 2.13. The Kier molecular flexibility index (Phi) is 4.78. The second kappa shape index (κ2) is 6.59.